The van der Waals surface area contributed by atoms with Gasteiger partial charge in [0.2, 0.25) is 0 Å². The van der Waals surface area contributed by atoms with Crippen molar-refractivity contribution in [3.8, 4) is 45.5 Å². The zero-order valence-corrected chi connectivity index (χ0v) is 34.8. The first kappa shape index (κ1) is 36.0. The van der Waals surface area contributed by atoms with Crippen LogP contribution in [-0.2, 0) is 0 Å². The molecule has 0 N–H and O–H groups in total. The predicted molar refractivity (Wildman–Crippen MR) is 261 cm³/mol. The second-order valence-electron chi connectivity index (χ2n) is 16.3. The maximum Gasteiger partial charge on any atom is 0.137 e. The average Bonchev–Trinajstić information content (AvgIpc) is 4.14. The van der Waals surface area contributed by atoms with E-state index in [1.807, 2.05) is 47.3 Å². The van der Waals surface area contributed by atoms with Crippen molar-refractivity contribution in [3.05, 3.63) is 218 Å². The van der Waals surface area contributed by atoms with Gasteiger partial charge in [0.25, 0.3) is 0 Å². The highest BCUT2D eigenvalue weighted by Crippen LogP contribution is 2.43. The second-order valence-corrected chi connectivity index (χ2v) is 16.3. The molecule has 13 aromatic rings. The van der Waals surface area contributed by atoms with E-state index in [-0.39, 0.29) is 0 Å². The lowest BCUT2D eigenvalue weighted by molar-refractivity contribution is 0.483. The summed E-state index contributed by atoms with van der Waals surface area (Å²) in [7, 11) is 0. The number of aryl methyl sites for hydroxylation is 1. The van der Waals surface area contributed by atoms with Gasteiger partial charge in [-0.3, -0.25) is 4.57 Å². The Morgan fingerprint density at radius 2 is 0.922 bits per heavy atom. The minimum absolute atomic E-state index is 0.731. The standard InChI is InChI=1S/C57H38N6O/c1-37-33-56(63-52-26-11-6-21-45(52)46-30-29-40(35-55(46)63)64-39-16-12-15-38(34-39)60-32-14-31-59-60)58-36-47(37)57-53(61-48-22-7-2-17-41(48)42-18-3-8-23-49(42)61)27-13-28-54(57)62-50-24-9-4-19-43(50)44-20-5-10-25-51(44)62/h2-36H,1H3. The molecule has 64 heavy (non-hydrogen) atoms. The van der Waals surface area contributed by atoms with Gasteiger partial charge in [0.1, 0.15) is 17.3 Å². The van der Waals surface area contributed by atoms with Gasteiger partial charge in [-0.2, -0.15) is 5.10 Å². The minimum atomic E-state index is 0.731. The summed E-state index contributed by atoms with van der Waals surface area (Å²) in [6, 6.07) is 68.6. The number of hydrogen-bond acceptors (Lipinski definition) is 3. The molecular weight excluding hydrogens is 785 g/mol. The molecule has 7 nitrogen and oxygen atoms in total. The molecule has 0 bridgehead atoms. The van der Waals surface area contributed by atoms with E-state index in [0.29, 0.717) is 0 Å². The van der Waals surface area contributed by atoms with Crippen LogP contribution in [0.1, 0.15) is 5.56 Å². The number of fused-ring (bicyclic) bond motifs is 9. The van der Waals surface area contributed by atoms with Gasteiger partial charge in [0.15, 0.2) is 0 Å². The zero-order chi connectivity index (χ0) is 42.3. The fourth-order valence-electron chi connectivity index (χ4n) is 9.97. The highest BCUT2D eigenvalue weighted by atomic mass is 16.5. The van der Waals surface area contributed by atoms with E-state index in [2.05, 4.69) is 190 Å². The van der Waals surface area contributed by atoms with Gasteiger partial charge in [-0.1, -0.05) is 103 Å². The molecule has 0 unspecified atom stereocenters. The Balaban J connectivity index is 1.03. The van der Waals surface area contributed by atoms with Crippen molar-refractivity contribution in [1.29, 1.82) is 0 Å². The molecule has 302 valence electrons. The van der Waals surface area contributed by atoms with Crippen LogP contribution < -0.4 is 4.74 Å². The molecule has 13 rings (SSSR count). The Labute approximate surface area is 367 Å². The first-order valence-electron chi connectivity index (χ1n) is 21.6. The lowest BCUT2D eigenvalue weighted by Gasteiger charge is -2.21. The first-order valence-corrected chi connectivity index (χ1v) is 21.6. The molecule has 0 atom stereocenters. The lowest BCUT2D eigenvalue weighted by atomic mass is 9.98. The van der Waals surface area contributed by atoms with Crippen molar-refractivity contribution in [2.24, 2.45) is 0 Å². The summed E-state index contributed by atoms with van der Waals surface area (Å²) >= 11 is 0. The maximum absolute atomic E-state index is 6.55. The molecule has 0 aliphatic heterocycles. The number of hydrogen-bond donors (Lipinski definition) is 0. The summed E-state index contributed by atoms with van der Waals surface area (Å²) in [5.74, 6) is 2.30. The molecule has 0 radical (unpaired) electrons. The lowest BCUT2D eigenvalue weighted by Crippen LogP contribution is -2.05. The van der Waals surface area contributed by atoms with Crippen molar-refractivity contribution in [2.75, 3.05) is 0 Å². The van der Waals surface area contributed by atoms with Gasteiger partial charge in [-0.05, 0) is 91.3 Å². The Morgan fingerprint density at radius 3 is 1.45 bits per heavy atom. The molecular formula is C57H38N6O. The smallest absolute Gasteiger partial charge is 0.137 e. The van der Waals surface area contributed by atoms with Gasteiger partial charge in [-0.15, -0.1) is 0 Å². The monoisotopic (exact) mass is 822 g/mol. The van der Waals surface area contributed by atoms with Crippen LogP contribution >= 0.6 is 0 Å². The van der Waals surface area contributed by atoms with Crippen LogP contribution in [0, 0.1) is 6.92 Å². The summed E-state index contributed by atoms with van der Waals surface area (Å²) in [5.41, 5.74) is 13.1. The van der Waals surface area contributed by atoms with Crippen molar-refractivity contribution in [2.45, 2.75) is 6.92 Å². The molecule has 5 heterocycles. The van der Waals surface area contributed by atoms with Gasteiger partial charge in [0.05, 0.1) is 50.2 Å². The molecule has 0 saturated carbocycles. The van der Waals surface area contributed by atoms with Crippen LogP contribution in [0.2, 0.25) is 0 Å². The van der Waals surface area contributed by atoms with E-state index < -0.39 is 0 Å². The van der Waals surface area contributed by atoms with E-state index in [0.717, 1.165) is 94.9 Å². The second kappa shape index (κ2) is 14.2. The summed E-state index contributed by atoms with van der Waals surface area (Å²) in [5, 5.41) is 11.6. The van der Waals surface area contributed by atoms with Gasteiger partial charge >= 0.3 is 0 Å². The van der Waals surface area contributed by atoms with Crippen LogP contribution in [0.15, 0.2) is 213 Å². The van der Waals surface area contributed by atoms with Crippen LogP contribution in [0.5, 0.6) is 11.5 Å². The topological polar surface area (TPSA) is 54.7 Å². The maximum atomic E-state index is 6.55. The quantitative estimate of drug-likeness (QED) is 0.161. The normalized spacial score (nSPS) is 11.8. The molecule has 0 aliphatic rings. The van der Waals surface area contributed by atoms with Crippen molar-refractivity contribution in [1.82, 2.24) is 28.5 Å². The predicted octanol–water partition coefficient (Wildman–Crippen LogP) is 14.3. The number of ether oxygens (including phenoxy) is 1. The Kier molecular flexibility index (Phi) is 7.99. The third-order valence-electron chi connectivity index (χ3n) is 12.7. The number of para-hydroxylation sites is 5. The van der Waals surface area contributed by atoms with E-state index >= 15 is 0 Å². The molecule has 0 saturated heterocycles. The van der Waals surface area contributed by atoms with E-state index in [4.69, 9.17) is 9.72 Å². The number of nitrogens with zero attached hydrogens (tertiary/aromatic N) is 6. The molecule has 0 fully saturated rings. The molecule has 5 aromatic heterocycles. The molecule has 0 aliphatic carbocycles. The van der Waals surface area contributed by atoms with E-state index in [9.17, 15) is 0 Å². The summed E-state index contributed by atoms with van der Waals surface area (Å²) in [4.78, 5) is 5.40. The van der Waals surface area contributed by atoms with E-state index in [1.165, 1.54) is 21.5 Å². The molecule has 8 aromatic carbocycles. The Morgan fingerprint density at radius 1 is 0.422 bits per heavy atom. The molecule has 0 spiro atoms. The van der Waals surface area contributed by atoms with Crippen LogP contribution in [0.25, 0.3) is 99.4 Å². The number of aromatic nitrogens is 6. The van der Waals surface area contributed by atoms with Crippen molar-refractivity contribution < 1.29 is 4.74 Å². The largest absolute Gasteiger partial charge is 0.457 e. The van der Waals surface area contributed by atoms with Crippen LogP contribution in [-0.4, -0.2) is 28.5 Å². The summed E-state index contributed by atoms with van der Waals surface area (Å²) in [6.07, 6.45) is 5.78. The van der Waals surface area contributed by atoms with Crippen LogP contribution in [0.4, 0.5) is 0 Å². The fraction of sp³-hybridized carbons (Fsp3) is 0.0175. The number of benzene rings is 8. The molecule has 0 amide bonds. The highest BCUT2D eigenvalue weighted by molar-refractivity contribution is 6.12. The van der Waals surface area contributed by atoms with Crippen LogP contribution in [0.3, 0.4) is 0 Å². The summed E-state index contributed by atoms with van der Waals surface area (Å²) < 4.78 is 15.5. The fourth-order valence-corrected chi connectivity index (χ4v) is 9.97. The van der Waals surface area contributed by atoms with Gasteiger partial charge in [-0.25, -0.2) is 9.67 Å². The molecule has 7 heteroatoms. The zero-order valence-electron chi connectivity index (χ0n) is 34.8. The third kappa shape index (κ3) is 5.47. The minimum Gasteiger partial charge on any atom is -0.457 e. The summed E-state index contributed by atoms with van der Waals surface area (Å²) in [6.45, 7) is 2.22. The first-order chi connectivity index (χ1) is 31.7. The van der Waals surface area contributed by atoms with E-state index in [1.54, 1.807) is 6.20 Å². The van der Waals surface area contributed by atoms with Gasteiger partial charge < -0.3 is 13.9 Å². The highest BCUT2D eigenvalue weighted by Gasteiger charge is 2.24. The average molecular weight is 823 g/mol. The SMILES string of the molecule is Cc1cc(-n2c3ccccc3c3ccc(Oc4cccc(-n5cccn5)c4)cc32)ncc1-c1c(-n2c3ccccc3c3ccccc32)cccc1-n1c2ccccc2c2ccccc21. The van der Waals surface area contributed by atoms with Crippen molar-refractivity contribution >= 4 is 65.4 Å². The number of pyridine rings is 1. The van der Waals surface area contributed by atoms with Gasteiger partial charge in [0, 0.05) is 74.2 Å². The van der Waals surface area contributed by atoms with Crippen molar-refractivity contribution in [3.63, 3.8) is 0 Å². The Bertz CT molecular complexity index is 3720. The Hall–Kier alpha value is -8.68. The third-order valence-corrected chi connectivity index (χ3v) is 12.7. The number of rotatable bonds is 7.